The van der Waals surface area contributed by atoms with Gasteiger partial charge in [-0.3, -0.25) is 24.2 Å². The van der Waals surface area contributed by atoms with Crippen LogP contribution in [0, 0.1) is 11.8 Å². The molecule has 0 aromatic heterocycles. The number of primary amides is 1. The lowest BCUT2D eigenvalue weighted by Gasteiger charge is -2.50. The van der Waals surface area contributed by atoms with Gasteiger partial charge >= 0.3 is 0 Å². The molecule has 0 radical (unpaired) electrons. The molecule has 1 saturated carbocycles. The van der Waals surface area contributed by atoms with Crippen LogP contribution in [-0.2, 0) is 37.2 Å². The van der Waals surface area contributed by atoms with E-state index in [0.717, 1.165) is 0 Å². The number of nitrogens with zero attached hydrogens (tertiary/aromatic N) is 2. The second kappa shape index (κ2) is 9.55. The van der Waals surface area contributed by atoms with E-state index in [9.17, 15) is 43.2 Å². The number of sulfone groups is 1. The minimum atomic E-state index is -3.10. The third-order valence-electron chi connectivity index (χ3n) is 8.56. The quantitative estimate of drug-likeness (QED) is 0.290. The fourth-order valence-electron chi connectivity index (χ4n) is 6.61. The lowest BCUT2D eigenvalue weighted by Crippen LogP contribution is -2.65. The van der Waals surface area contributed by atoms with Crippen LogP contribution >= 0.6 is 11.6 Å². The van der Waals surface area contributed by atoms with Crippen LogP contribution in [0.4, 0.5) is 0 Å². The fourth-order valence-corrected chi connectivity index (χ4v) is 8.17. The summed E-state index contributed by atoms with van der Waals surface area (Å²) >= 11 is 6.77. The minimum absolute atomic E-state index is 0.00737. The Hall–Kier alpha value is -2.97. The Balaban J connectivity index is 1.60. The SMILES string of the molecule is CN(C)[C@@H]1C(=O)C(C(N)=O)=C(O)[C@@]2(O)C(=O)C3=C(O)c4c(O)cc(CN5CCS(=O)(=O)CC5)c(Cl)c4C[C@H]3C[C@@H]12. The molecule has 14 heteroatoms. The smallest absolute Gasteiger partial charge is 0.255 e. The van der Waals surface area contributed by atoms with Crippen molar-refractivity contribution in [2.75, 3.05) is 38.7 Å². The van der Waals surface area contributed by atoms with E-state index in [1.165, 1.54) is 25.1 Å². The van der Waals surface area contributed by atoms with E-state index in [4.69, 9.17) is 17.3 Å². The van der Waals surface area contributed by atoms with Crippen molar-refractivity contribution in [3.8, 4) is 5.75 Å². The number of halogens is 1. The molecule has 4 aliphatic rings. The van der Waals surface area contributed by atoms with Crippen molar-refractivity contribution in [3.63, 3.8) is 0 Å². The van der Waals surface area contributed by atoms with E-state index in [1.54, 1.807) is 0 Å². The molecule has 1 aromatic rings. The summed E-state index contributed by atoms with van der Waals surface area (Å²) in [4.78, 5) is 42.4. The molecule has 12 nitrogen and oxygen atoms in total. The predicted octanol–water partition coefficient (Wildman–Crippen LogP) is -0.152. The number of likely N-dealkylation sites (N-methyl/N-ethyl adjacent to an activating group) is 1. The molecule has 2 fully saturated rings. The van der Waals surface area contributed by atoms with Gasteiger partial charge in [0.1, 0.15) is 22.8 Å². The molecule has 0 bridgehead atoms. The Labute approximate surface area is 235 Å². The average molecular weight is 596 g/mol. The van der Waals surface area contributed by atoms with Crippen LogP contribution < -0.4 is 5.73 Å². The maximum atomic E-state index is 13.9. The van der Waals surface area contributed by atoms with Gasteiger partial charge in [0.25, 0.3) is 5.91 Å². The Morgan fingerprint density at radius 3 is 2.40 bits per heavy atom. The molecule has 4 atom stereocenters. The minimum Gasteiger partial charge on any atom is -0.508 e. The van der Waals surface area contributed by atoms with Crippen molar-refractivity contribution >= 4 is 44.7 Å². The standard InChI is InChI=1S/C26H30ClN3O9S/c1-29(2)20-14-8-11-7-13-17(15(31)9-12(19(13)27)10-30-3-5-40(38,39)6-4-30)21(32)16(11)23(34)26(14,37)24(35)18(22(20)33)25(28)36/h9,11,14,20,31-32,35,37H,3-8,10H2,1-2H3,(H2,28,36)/t11-,14-,20-,26-/m0/s1. The molecule has 1 amide bonds. The van der Waals surface area contributed by atoms with E-state index >= 15 is 0 Å². The first-order valence-corrected chi connectivity index (χ1v) is 14.9. The van der Waals surface area contributed by atoms with Crippen LogP contribution in [-0.4, -0.2) is 106 Å². The molecule has 0 spiro atoms. The molecular formula is C26H30ClN3O9S. The molecule has 1 heterocycles. The highest BCUT2D eigenvalue weighted by molar-refractivity contribution is 7.91. The molecular weight excluding hydrogens is 566 g/mol. The van der Waals surface area contributed by atoms with Gasteiger partial charge in [0.2, 0.25) is 5.78 Å². The molecule has 1 aliphatic heterocycles. The molecule has 40 heavy (non-hydrogen) atoms. The number of amides is 1. The monoisotopic (exact) mass is 595 g/mol. The van der Waals surface area contributed by atoms with Crippen LogP contribution in [0.3, 0.4) is 0 Å². The Bertz CT molecular complexity index is 1520. The lowest BCUT2D eigenvalue weighted by atomic mass is 9.57. The maximum absolute atomic E-state index is 13.9. The van der Waals surface area contributed by atoms with Gasteiger partial charge in [0.15, 0.2) is 21.2 Å². The zero-order valence-corrected chi connectivity index (χ0v) is 23.4. The van der Waals surface area contributed by atoms with Crippen LogP contribution in [0.15, 0.2) is 23.0 Å². The molecule has 1 saturated heterocycles. The van der Waals surface area contributed by atoms with Crippen molar-refractivity contribution in [2.45, 2.75) is 31.0 Å². The average Bonchev–Trinajstić information content (AvgIpc) is 2.85. The van der Waals surface area contributed by atoms with Crippen LogP contribution in [0.25, 0.3) is 5.76 Å². The van der Waals surface area contributed by atoms with Gasteiger partial charge in [-0.15, -0.1) is 0 Å². The number of aliphatic hydroxyl groups is 3. The van der Waals surface area contributed by atoms with Crippen molar-refractivity contribution in [1.29, 1.82) is 0 Å². The second-order valence-corrected chi connectivity index (χ2v) is 13.8. The molecule has 0 unspecified atom stereocenters. The number of rotatable bonds is 4. The number of carbonyl (C=O) groups is 3. The van der Waals surface area contributed by atoms with Crippen LogP contribution in [0.5, 0.6) is 5.75 Å². The number of phenols is 1. The Kier molecular flexibility index (Phi) is 6.82. The summed E-state index contributed by atoms with van der Waals surface area (Å²) in [5.41, 5.74) is 2.28. The van der Waals surface area contributed by atoms with Gasteiger partial charge in [-0.05, 0) is 50.0 Å². The molecule has 5 rings (SSSR count). The van der Waals surface area contributed by atoms with Crippen LogP contribution in [0.1, 0.15) is 23.1 Å². The number of ketones is 2. The number of aliphatic hydroxyl groups excluding tert-OH is 2. The van der Waals surface area contributed by atoms with E-state index < -0.39 is 67.9 Å². The number of hydrogen-bond donors (Lipinski definition) is 5. The highest BCUT2D eigenvalue weighted by Crippen LogP contribution is 2.53. The maximum Gasteiger partial charge on any atom is 0.255 e. The van der Waals surface area contributed by atoms with E-state index in [2.05, 4.69) is 0 Å². The van der Waals surface area contributed by atoms with Crippen molar-refractivity contribution in [2.24, 2.45) is 17.6 Å². The fraction of sp³-hybridized carbons (Fsp3) is 0.500. The highest BCUT2D eigenvalue weighted by atomic mass is 35.5. The van der Waals surface area contributed by atoms with Gasteiger partial charge in [0, 0.05) is 36.1 Å². The number of fused-ring (bicyclic) bond motifs is 3. The number of benzene rings is 1. The first kappa shape index (κ1) is 28.6. The van der Waals surface area contributed by atoms with Gasteiger partial charge in [-0.1, -0.05) is 11.6 Å². The number of aromatic hydroxyl groups is 1. The van der Waals surface area contributed by atoms with E-state index in [-0.39, 0.29) is 52.8 Å². The first-order valence-electron chi connectivity index (χ1n) is 12.7. The van der Waals surface area contributed by atoms with Crippen molar-refractivity contribution in [3.05, 3.63) is 44.7 Å². The lowest BCUT2D eigenvalue weighted by molar-refractivity contribution is -0.153. The van der Waals surface area contributed by atoms with Gasteiger partial charge in [0.05, 0.1) is 23.1 Å². The number of carbonyl (C=O) groups excluding carboxylic acids is 3. The van der Waals surface area contributed by atoms with Crippen LogP contribution in [0.2, 0.25) is 5.02 Å². The van der Waals surface area contributed by atoms with E-state index in [0.29, 0.717) is 24.2 Å². The van der Waals surface area contributed by atoms with E-state index in [1.807, 2.05) is 4.90 Å². The highest BCUT2D eigenvalue weighted by Gasteiger charge is 2.64. The Morgan fingerprint density at radius 1 is 1.20 bits per heavy atom. The zero-order valence-electron chi connectivity index (χ0n) is 21.8. The number of nitrogens with two attached hydrogens (primary N) is 1. The molecule has 6 N–H and O–H groups in total. The predicted molar refractivity (Wildman–Crippen MR) is 143 cm³/mol. The summed E-state index contributed by atoms with van der Waals surface area (Å²) < 4.78 is 23.6. The normalized spacial score (nSPS) is 30.3. The third-order valence-corrected chi connectivity index (χ3v) is 10.6. The van der Waals surface area contributed by atoms with Crippen molar-refractivity contribution in [1.82, 2.24) is 9.80 Å². The zero-order chi connectivity index (χ0) is 29.5. The van der Waals surface area contributed by atoms with Gasteiger partial charge < -0.3 is 26.2 Å². The summed E-state index contributed by atoms with van der Waals surface area (Å²) in [6, 6.07) is 0.166. The summed E-state index contributed by atoms with van der Waals surface area (Å²) in [5, 5.41) is 45.0. The summed E-state index contributed by atoms with van der Waals surface area (Å²) in [5.74, 6) is -7.27. The van der Waals surface area contributed by atoms with Gasteiger partial charge in [-0.2, -0.15) is 0 Å². The van der Waals surface area contributed by atoms with Gasteiger partial charge in [-0.25, -0.2) is 8.42 Å². The summed E-state index contributed by atoms with van der Waals surface area (Å²) in [7, 11) is -0.0413. The topological polar surface area (TPSA) is 199 Å². The summed E-state index contributed by atoms with van der Waals surface area (Å²) in [6.45, 7) is 0.852. The summed E-state index contributed by atoms with van der Waals surface area (Å²) in [6.07, 6.45) is 0.0280. The molecule has 3 aliphatic carbocycles. The first-order chi connectivity index (χ1) is 18.6. The number of phenolic OH excluding ortho intramolecular Hbond substituents is 1. The number of Topliss-reactive ketones (excluding diaryl/α,β-unsaturated/α-hetero) is 2. The molecule has 1 aromatic carbocycles. The number of hydrogen-bond acceptors (Lipinski definition) is 11. The Morgan fingerprint density at radius 2 is 1.82 bits per heavy atom. The largest absolute Gasteiger partial charge is 0.508 e. The second-order valence-electron chi connectivity index (χ2n) is 11.1. The third kappa shape index (κ3) is 4.14. The van der Waals surface area contributed by atoms with Crippen molar-refractivity contribution < 1.29 is 43.2 Å². The molecule has 216 valence electrons.